The van der Waals surface area contributed by atoms with Crippen molar-refractivity contribution >= 4 is 23.8 Å². The fourth-order valence-corrected chi connectivity index (χ4v) is 13.5. The molecule has 0 amide bonds. The number of carbonyl (C=O) groups is 3. The minimum Gasteiger partial charge on any atom is -0.454 e. The van der Waals surface area contributed by atoms with Crippen LogP contribution in [0.5, 0.6) is 0 Å². The van der Waals surface area contributed by atoms with Crippen molar-refractivity contribution in [2.75, 3.05) is 13.2 Å². The molecule has 3 saturated heterocycles. The van der Waals surface area contributed by atoms with E-state index in [1.54, 1.807) is 37.3 Å². The molecule has 9 N–H and O–H groups in total. The molecule has 6 fully saturated rings. The Morgan fingerprint density at radius 2 is 1.45 bits per heavy atom. The molecule has 0 spiro atoms. The molecular weight excluding hydrogens is 973 g/mol. The summed E-state index contributed by atoms with van der Waals surface area (Å²) in [5.41, 5.74) is -3.44. The van der Waals surface area contributed by atoms with Crippen molar-refractivity contribution in [3.8, 4) is 0 Å². The fourth-order valence-electron chi connectivity index (χ4n) is 13.5. The van der Waals surface area contributed by atoms with Gasteiger partial charge in [-0.1, -0.05) is 76.6 Å². The molecule has 1 aromatic rings. The van der Waals surface area contributed by atoms with E-state index in [0.29, 0.717) is 44.1 Å². The highest BCUT2D eigenvalue weighted by Crippen LogP contribution is 2.70. The third-order valence-corrected chi connectivity index (χ3v) is 17.7. The molecule has 21 heteroatoms. The summed E-state index contributed by atoms with van der Waals surface area (Å²) in [5, 5.41) is 101. The highest BCUT2D eigenvalue weighted by molar-refractivity contribution is 5.87. The first-order chi connectivity index (χ1) is 35.0. The maximum absolute atomic E-state index is 14.3. The van der Waals surface area contributed by atoms with Crippen LogP contribution in [0.4, 0.5) is 0 Å². The molecule has 1 aromatic carbocycles. The number of fused-ring (bicyclic) bond motifs is 5. The van der Waals surface area contributed by atoms with Crippen LogP contribution in [0.15, 0.2) is 48.1 Å². The van der Waals surface area contributed by atoms with Gasteiger partial charge in [0.2, 0.25) is 6.29 Å². The van der Waals surface area contributed by atoms with Gasteiger partial charge in [0.05, 0.1) is 31.0 Å². The molecule has 4 aliphatic carbocycles. The third-order valence-electron chi connectivity index (χ3n) is 17.7. The molecule has 0 aromatic heterocycles. The van der Waals surface area contributed by atoms with Crippen LogP contribution in [0, 0.1) is 34.5 Å². The number of rotatable bonds is 16. The zero-order chi connectivity index (χ0) is 53.7. The number of aliphatic hydroxyl groups is 8. The lowest BCUT2D eigenvalue weighted by atomic mass is 9.44. The Kier molecular flexibility index (Phi) is 17.3. The van der Waals surface area contributed by atoms with Gasteiger partial charge in [-0.25, -0.2) is 14.9 Å². The Balaban J connectivity index is 1.06. The lowest BCUT2D eigenvalue weighted by Gasteiger charge is -2.63. The van der Waals surface area contributed by atoms with Crippen LogP contribution in [0.3, 0.4) is 0 Å². The smallest absolute Gasteiger partial charge is 0.331 e. The van der Waals surface area contributed by atoms with E-state index in [2.05, 4.69) is 11.8 Å². The van der Waals surface area contributed by atoms with Gasteiger partial charge in [0, 0.05) is 30.8 Å². The number of hydrogen-bond acceptors (Lipinski definition) is 21. The van der Waals surface area contributed by atoms with Crippen molar-refractivity contribution in [3.05, 3.63) is 53.6 Å². The molecule has 74 heavy (non-hydrogen) atoms. The van der Waals surface area contributed by atoms with Gasteiger partial charge in [-0.2, -0.15) is 0 Å². The minimum absolute atomic E-state index is 0.0248. The molecule has 414 valence electrons. The molecule has 8 rings (SSSR count). The molecule has 3 aliphatic heterocycles. The Morgan fingerprint density at radius 3 is 2.12 bits per heavy atom. The number of Topliss-reactive ketones (excluding diaryl/α,β-unsaturated/α-hetero) is 1. The van der Waals surface area contributed by atoms with E-state index < -0.39 is 151 Å². The van der Waals surface area contributed by atoms with Gasteiger partial charge in [-0.05, 0) is 86.2 Å². The number of esters is 2. The van der Waals surface area contributed by atoms with Crippen molar-refractivity contribution in [1.29, 1.82) is 0 Å². The largest absolute Gasteiger partial charge is 0.454 e. The maximum atomic E-state index is 14.3. The first-order valence-electron chi connectivity index (χ1n) is 26.0. The first kappa shape index (κ1) is 56.9. The highest BCUT2D eigenvalue weighted by atomic mass is 17.1. The van der Waals surface area contributed by atoms with Crippen LogP contribution < -0.4 is 0 Å². The summed E-state index contributed by atoms with van der Waals surface area (Å²) in [4.78, 5) is 44.6. The standard InChI is InChI=1S/C53H76O21/c1-26(2)12-14-32(55)27(3)53(64)37(23-36-51(53,6)20-18-35-50(5)19-17-31(22-30(50)16-21-52(35,36)63)69-46-41(61)40(60)42(62)47(73-46)74-65)70-49-45(68-28(4)54)43(34(57)25-67-49)72-48-44(39(59)33(56)24-66-48)71-38(58)15-13-29-10-8-7-9-11-29/h7-11,13,15-16,26-27,31,33-37,39-49,56-57,59-65H,12,14,17-25H2,1-6H3/b15-13+/t27-,31+,33-,34+,35-,36-,37+,39+,40-,41-,42+,43+,44-,45-,46-,47-,48+,49+,50+,51+,52+,53-/m1/s1. The number of aliphatic hydroxyl groups excluding tert-OH is 6. The van der Waals surface area contributed by atoms with Gasteiger partial charge in [0.15, 0.2) is 31.1 Å². The fraction of sp³-hybridized carbons (Fsp3) is 0.755. The molecular formula is C53H76O21. The lowest BCUT2D eigenvalue weighted by Crippen LogP contribution is -2.66. The van der Waals surface area contributed by atoms with Gasteiger partial charge in [0.1, 0.15) is 54.1 Å². The summed E-state index contributed by atoms with van der Waals surface area (Å²) >= 11 is 0. The maximum Gasteiger partial charge on any atom is 0.331 e. The van der Waals surface area contributed by atoms with Crippen LogP contribution in [-0.4, -0.2) is 181 Å². The summed E-state index contributed by atoms with van der Waals surface area (Å²) in [6, 6.07) is 8.87. The summed E-state index contributed by atoms with van der Waals surface area (Å²) in [5.74, 6) is -3.82. The Labute approximate surface area is 430 Å². The molecule has 0 radical (unpaired) electrons. The van der Waals surface area contributed by atoms with E-state index in [9.17, 15) is 60.5 Å². The summed E-state index contributed by atoms with van der Waals surface area (Å²) < 4.78 is 47.9. The van der Waals surface area contributed by atoms with Crippen molar-refractivity contribution < 1.29 is 103 Å². The molecule has 7 aliphatic rings. The van der Waals surface area contributed by atoms with Gasteiger partial charge >= 0.3 is 11.9 Å². The van der Waals surface area contributed by atoms with E-state index >= 15 is 0 Å². The predicted molar refractivity (Wildman–Crippen MR) is 255 cm³/mol. The topological polar surface area (TPSA) is 316 Å². The monoisotopic (exact) mass is 1050 g/mol. The molecule has 22 atom stereocenters. The first-order valence-corrected chi connectivity index (χ1v) is 26.0. The molecule has 0 bridgehead atoms. The summed E-state index contributed by atoms with van der Waals surface area (Å²) in [6.45, 7) is 9.84. The van der Waals surface area contributed by atoms with Crippen molar-refractivity contribution in [3.63, 3.8) is 0 Å². The normalized spacial score (nSPS) is 44.7. The van der Waals surface area contributed by atoms with E-state index in [0.717, 1.165) is 18.6 Å². The Bertz CT molecular complexity index is 2190. The van der Waals surface area contributed by atoms with E-state index in [4.69, 9.17) is 37.9 Å². The van der Waals surface area contributed by atoms with Crippen LogP contribution >= 0.6 is 0 Å². The third kappa shape index (κ3) is 10.7. The second kappa shape index (κ2) is 22.6. The van der Waals surface area contributed by atoms with Gasteiger partial charge < -0.3 is 78.7 Å². The quantitative estimate of drug-likeness (QED) is 0.0375. The Morgan fingerprint density at radius 1 is 0.770 bits per heavy atom. The van der Waals surface area contributed by atoms with Gasteiger partial charge in [-0.15, -0.1) is 0 Å². The Hall–Kier alpha value is -3.33. The number of ketones is 1. The van der Waals surface area contributed by atoms with Gasteiger partial charge in [0.25, 0.3) is 0 Å². The number of hydrogen-bond donors (Lipinski definition) is 9. The average molecular weight is 1050 g/mol. The predicted octanol–water partition coefficient (Wildman–Crippen LogP) is 1.81. The average Bonchev–Trinajstić information content (AvgIpc) is 3.60. The van der Waals surface area contributed by atoms with E-state index in [1.165, 1.54) is 6.08 Å². The second-order valence-corrected chi connectivity index (χ2v) is 22.5. The SMILES string of the molecule is CC(=O)O[C@H]1[C@H](O[C@H]2C[C@H]3[C@]4(O)CC=C5C[C@@H](O[C@@H]6O[C@H](OO)[C@@H](O)[C@H](O)[C@H]6O)CC[C@]5(C)[C@H]4CC[C@]3(C)[C@@]2(O)[C@H](C)C(=O)CCC(C)C)OC[C@H](O)[C@@H]1O[C@@H]1OC[C@@H](O)[C@H](O)[C@H]1OC(=O)/C=C/c1ccccc1. The summed E-state index contributed by atoms with van der Waals surface area (Å²) in [6.07, 6.45) is -14.9. The van der Waals surface area contributed by atoms with Crippen LogP contribution in [0.25, 0.3) is 6.08 Å². The van der Waals surface area contributed by atoms with Crippen LogP contribution in [0.2, 0.25) is 0 Å². The van der Waals surface area contributed by atoms with E-state index in [1.807, 2.05) is 26.8 Å². The second-order valence-electron chi connectivity index (χ2n) is 22.5. The molecule has 3 heterocycles. The highest BCUT2D eigenvalue weighted by Gasteiger charge is 2.74. The zero-order valence-electron chi connectivity index (χ0n) is 42.8. The zero-order valence-corrected chi connectivity index (χ0v) is 42.8. The van der Waals surface area contributed by atoms with Crippen molar-refractivity contribution in [1.82, 2.24) is 0 Å². The van der Waals surface area contributed by atoms with Crippen molar-refractivity contribution in [2.24, 2.45) is 34.5 Å². The molecule has 3 saturated carbocycles. The molecule has 21 nitrogen and oxygen atoms in total. The van der Waals surface area contributed by atoms with Gasteiger partial charge in [-0.3, -0.25) is 9.59 Å². The molecule has 0 unspecified atom stereocenters. The van der Waals surface area contributed by atoms with Crippen molar-refractivity contribution in [2.45, 2.75) is 203 Å². The minimum atomic E-state index is -1.95. The van der Waals surface area contributed by atoms with Crippen LogP contribution in [0.1, 0.15) is 105 Å². The number of carbonyl (C=O) groups excluding carboxylic acids is 3. The number of ether oxygens (including phenoxy) is 8. The van der Waals surface area contributed by atoms with Crippen LogP contribution in [-0.2, 0) is 57.2 Å². The van der Waals surface area contributed by atoms with E-state index in [-0.39, 0.29) is 36.9 Å². The summed E-state index contributed by atoms with van der Waals surface area (Å²) in [7, 11) is 0. The number of benzene rings is 1. The lowest BCUT2D eigenvalue weighted by molar-refractivity contribution is -0.431.